The van der Waals surface area contributed by atoms with Gasteiger partial charge < -0.3 is 11.5 Å². The second-order valence-corrected chi connectivity index (χ2v) is 2.02. The van der Waals surface area contributed by atoms with Crippen LogP contribution in [0.1, 0.15) is 13.3 Å². The van der Waals surface area contributed by atoms with Crippen molar-refractivity contribution in [3.8, 4) is 0 Å². The number of hydrogen-bond donors (Lipinski definition) is 2. The summed E-state index contributed by atoms with van der Waals surface area (Å²) in [5, 5.41) is 0. The van der Waals surface area contributed by atoms with Crippen molar-refractivity contribution in [2.45, 2.75) is 13.3 Å². The van der Waals surface area contributed by atoms with Gasteiger partial charge in [0, 0.05) is 11.4 Å². The SMILES string of the molecule is C=C/C(N)=C(/CC)C(=C)N. The van der Waals surface area contributed by atoms with E-state index in [0.29, 0.717) is 11.4 Å². The van der Waals surface area contributed by atoms with Gasteiger partial charge in [0.05, 0.1) is 0 Å². The average Bonchev–Trinajstić information content (AvgIpc) is 1.88. The summed E-state index contributed by atoms with van der Waals surface area (Å²) in [6.45, 7) is 9.10. The Hall–Kier alpha value is -1.18. The van der Waals surface area contributed by atoms with E-state index in [1.807, 2.05) is 6.92 Å². The molecule has 0 saturated heterocycles. The van der Waals surface area contributed by atoms with E-state index in [2.05, 4.69) is 13.2 Å². The Bertz CT molecular complexity index is 178. The first-order chi connectivity index (χ1) is 4.63. The molecule has 10 heavy (non-hydrogen) atoms. The van der Waals surface area contributed by atoms with Crippen LogP contribution in [0.15, 0.2) is 36.2 Å². The predicted molar refractivity (Wildman–Crippen MR) is 45.0 cm³/mol. The standard InChI is InChI=1S/C8H14N2/c1-4-7(6(3)9)8(10)5-2/h5H,2-4,9-10H2,1H3/b8-7+. The van der Waals surface area contributed by atoms with Gasteiger partial charge in [0.15, 0.2) is 0 Å². The smallest absolute Gasteiger partial charge is 0.0360 e. The fourth-order valence-electron chi connectivity index (χ4n) is 0.740. The third-order valence-electron chi connectivity index (χ3n) is 1.31. The van der Waals surface area contributed by atoms with Gasteiger partial charge in [-0.05, 0) is 18.1 Å². The third kappa shape index (κ3) is 1.97. The Morgan fingerprint density at radius 1 is 1.50 bits per heavy atom. The van der Waals surface area contributed by atoms with Gasteiger partial charge in [-0.15, -0.1) is 0 Å². The molecule has 0 aromatic carbocycles. The van der Waals surface area contributed by atoms with Crippen LogP contribution in [0.5, 0.6) is 0 Å². The van der Waals surface area contributed by atoms with Crippen LogP contribution in [-0.2, 0) is 0 Å². The minimum absolute atomic E-state index is 0.528. The highest BCUT2D eigenvalue weighted by molar-refractivity contribution is 5.34. The second kappa shape index (κ2) is 3.77. The van der Waals surface area contributed by atoms with E-state index in [0.717, 1.165) is 12.0 Å². The number of nitrogens with two attached hydrogens (primary N) is 2. The summed E-state index contributed by atoms with van der Waals surface area (Å²) in [6.07, 6.45) is 2.38. The first-order valence-corrected chi connectivity index (χ1v) is 3.19. The lowest BCUT2D eigenvalue weighted by molar-refractivity contribution is 1.06. The normalized spacial score (nSPS) is 12.1. The van der Waals surface area contributed by atoms with E-state index in [-0.39, 0.29) is 0 Å². The van der Waals surface area contributed by atoms with Gasteiger partial charge in [-0.25, -0.2) is 0 Å². The molecule has 0 aliphatic carbocycles. The molecule has 0 atom stereocenters. The van der Waals surface area contributed by atoms with Crippen molar-refractivity contribution in [1.82, 2.24) is 0 Å². The Kier molecular flexibility index (Phi) is 3.33. The van der Waals surface area contributed by atoms with Crippen LogP contribution < -0.4 is 11.5 Å². The van der Waals surface area contributed by atoms with Gasteiger partial charge in [0.1, 0.15) is 0 Å². The monoisotopic (exact) mass is 138 g/mol. The summed E-state index contributed by atoms with van der Waals surface area (Å²) < 4.78 is 0. The zero-order valence-electron chi connectivity index (χ0n) is 6.35. The largest absolute Gasteiger partial charge is 0.399 e. The zero-order valence-corrected chi connectivity index (χ0v) is 6.35. The molecule has 0 saturated carbocycles. The first kappa shape index (κ1) is 8.82. The molecule has 0 amide bonds. The highest BCUT2D eigenvalue weighted by Crippen LogP contribution is 2.09. The van der Waals surface area contributed by atoms with Gasteiger partial charge in [-0.3, -0.25) is 0 Å². The molecule has 0 aromatic heterocycles. The maximum absolute atomic E-state index is 5.55. The molecule has 2 heteroatoms. The molecule has 0 radical (unpaired) electrons. The minimum atomic E-state index is 0.528. The predicted octanol–water partition coefficient (Wildman–Crippen LogP) is 1.27. The van der Waals surface area contributed by atoms with Crippen LogP contribution in [-0.4, -0.2) is 0 Å². The molecular weight excluding hydrogens is 124 g/mol. The number of allylic oxidation sites excluding steroid dienone is 2. The van der Waals surface area contributed by atoms with E-state index in [1.165, 1.54) is 0 Å². The Morgan fingerprint density at radius 3 is 2.10 bits per heavy atom. The van der Waals surface area contributed by atoms with E-state index in [1.54, 1.807) is 6.08 Å². The molecule has 56 valence electrons. The lowest BCUT2D eigenvalue weighted by atomic mass is 10.1. The molecule has 0 aliphatic heterocycles. The van der Waals surface area contributed by atoms with Crippen LogP contribution in [0.25, 0.3) is 0 Å². The van der Waals surface area contributed by atoms with E-state index in [9.17, 15) is 0 Å². The molecule has 0 aliphatic rings. The molecule has 0 heterocycles. The molecular formula is C8H14N2. The molecule has 0 fully saturated rings. The fraction of sp³-hybridized carbons (Fsp3) is 0.250. The van der Waals surface area contributed by atoms with Crippen molar-refractivity contribution in [2.75, 3.05) is 0 Å². The number of hydrogen-bond acceptors (Lipinski definition) is 2. The van der Waals surface area contributed by atoms with Crippen molar-refractivity contribution < 1.29 is 0 Å². The maximum atomic E-state index is 5.55. The van der Waals surface area contributed by atoms with Crippen molar-refractivity contribution in [3.63, 3.8) is 0 Å². The molecule has 4 N–H and O–H groups in total. The van der Waals surface area contributed by atoms with Gasteiger partial charge in [0.2, 0.25) is 0 Å². The van der Waals surface area contributed by atoms with Gasteiger partial charge in [-0.2, -0.15) is 0 Å². The molecule has 0 rings (SSSR count). The van der Waals surface area contributed by atoms with Crippen LogP contribution >= 0.6 is 0 Å². The van der Waals surface area contributed by atoms with Crippen molar-refractivity contribution in [2.24, 2.45) is 11.5 Å². The quantitative estimate of drug-likeness (QED) is 0.577. The van der Waals surface area contributed by atoms with Crippen molar-refractivity contribution in [3.05, 3.63) is 36.2 Å². The molecule has 0 aromatic rings. The molecule has 0 bridgehead atoms. The highest BCUT2D eigenvalue weighted by atomic mass is 14.6. The van der Waals surface area contributed by atoms with Gasteiger partial charge in [-0.1, -0.05) is 20.1 Å². The summed E-state index contributed by atoms with van der Waals surface area (Å²) in [4.78, 5) is 0. The Labute approximate surface area is 61.9 Å². The lowest BCUT2D eigenvalue weighted by Crippen LogP contribution is -2.06. The molecule has 0 unspecified atom stereocenters. The number of rotatable bonds is 3. The van der Waals surface area contributed by atoms with Crippen molar-refractivity contribution in [1.29, 1.82) is 0 Å². The average molecular weight is 138 g/mol. The molecule has 0 spiro atoms. The van der Waals surface area contributed by atoms with Crippen LogP contribution in [0, 0.1) is 0 Å². The van der Waals surface area contributed by atoms with Crippen LogP contribution in [0.2, 0.25) is 0 Å². The highest BCUT2D eigenvalue weighted by Gasteiger charge is 1.98. The van der Waals surface area contributed by atoms with Gasteiger partial charge in [0.25, 0.3) is 0 Å². The van der Waals surface area contributed by atoms with Crippen LogP contribution in [0.3, 0.4) is 0 Å². The van der Waals surface area contributed by atoms with E-state index < -0.39 is 0 Å². The van der Waals surface area contributed by atoms with Crippen molar-refractivity contribution >= 4 is 0 Å². The van der Waals surface area contributed by atoms with E-state index in [4.69, 9.17) is 11.5 Å². The second-order valence-electron chi connectivity index (χ2n) is 2.02. The van der Waals surface area contributed by atoms with E-state index >= 15 is 0 Å². The summed E-state index contributed by atoms with van der Waals surface area (Å²) in [5.74, 6) is 0. The summed E-state index contributed by atoms with van der Waals surface area (Å²) in [6, 6.07) is 0. The summed E-state index contributed by atoms with van der Waals surface area (Å²) in [7, 11) is 0. The summed E-state index contributed by atoms with van der Waals surface area (Å²) >= 11 is 0. The lowest BCUT2D eigenvalue weighted by Gasteiger charge is -2.04. The topological polar surface area (TPSA) is 52.0 Å². The Balaban J connectivity index is 4.62. The summed E-state index contributed by atoms with van der Waals surface area (Å²) in [5.41, 5.74) is 13.0. The molecule has 2 nitrogen and oxygen atoms in total. The van der Waals surface area contributed by atoms with Gasteiger partial charge >= 0.3 is 0 Å². The fourth-order valence-corrected chi connectivity index (χ4v) is 0.740. The Morgan fingerprint density at radius 2 is 2.00 bits per heavy atom. The zero-order chi connectivity index (χ0) is 8.15. The first-order valence-electron chi connectivity index (χ1n) is 3.19. The third-order valence-corrected chi connectivity index (χ3v) is 1.31. The van der Waals surface area contributed by atoms with Crippen LogP contribution in [0.4, 0.5) is 0 Å². The maximum Gasteiger partial charge on any atom is 0.0360 e. The minimum Gasteiger partial charge on any atom is -0.399 e.